The van der Waals surface area contributed by atoms with Crippen molar-refractivity contribution in [2.24, 2.45) is 5.73 Å². The molecule has 2 rings (SSSR count). The van der Waals surface area contributed by atoms with Gasteiger partial charge in [0, 0.05) is 12.1 Å². The Kier molecular flexibility index (Phi) is 3.90. The van der Waals surface area contributed by atoms with Crippen LogP contribution in [0.5, 0.6) is 5.75 Å². The van der Waals surface area contributed by atoms with Crippen molar-refractivity contribution in [2.45, 2.75) is 33.2 Å². The molecule has 0 fully saturated rings. The number of rotatable bonds is 4. The van der Waals surface area contributed by atoms with E-state index in [4.69, 9.17) is 10.5 Å². The summed E-state index contributed by atoms with van der Waals surface area (Å²) in [5, 5.41) is 7.34. The number of hydrogen-bond acceptors (Lipinski definition) is 3. The lowest BCUT2D eigenvalue weighted by atomic mass is 9.98. The zero-order valence-corrected chi connectivity index (χ0v) is 11.9. The molecule has 0 unspecified atom stereocenters. The minimum atomic E-state index is 0.464. The summed E-state index contributed by atoms with van der Waals surface area (Å²) in [6.07, 6.45) is 0. The summed E-state index contributed by atoms with van der Waals surface area (Å²) in [6, 6.07) is 6.27. The van der Waals surface area contributed by atoms with E-state index in [-0.39, 0.29) is 0 Å². The molecule has 0 aliphatic carbocycles. The highest BCUT2D eigenvalue weighted by Crippen LogP contribution is 2.34. The van der Waals surface area contributed by atoms with Crippen LogP contribution in [0, 0.1) is 6.92 Å². The molecule has 0 saturated heterocycles. The molecule has 19 heavy (non-hydrogen) atoms. The predicted molar refractivity (Wildman–Crippen MR) is 77.3 cm³/mol. The lowest BCUT2D eigenvalue weighted by Crippen LogP contribution is -1.98. The smallest absolute Gasteiger partial charge is 0.128 e. The van der Waals surface area contributed by atoms with Crippen molar-refractivity contribution in [1.29, 1.82) is 0 Å². The van der Waals surface area contributed by atoms with Gasteiger partial charge in [-0.3, -0.25) is 5.10 Å². The van der Waals surface area contributed by atoms with Crippen LogP contribution in [0.3, 0.4) is 0 Å². The number of hydrogen-bond donors (Lipinski definition) is 2. The summed E-state index contributed by atoms with van der Waals surface area (Å²) in [4.78, 5) is 0. The van der Waals surface area contributed by atoms with E-state index in [1.807, 2.05) is 6.92 Å². The molecule has 3 N–H and O–H groups in total. The van der Waals surface area contributed by atoms with Gasteiger partial charge in [-0.1, -0.05) is 19.9 Å². The molecule has 0 spiro atoms. The second-order valence-electron chi connectivity index (χ2n) is 4.99. The molecule has 0 radical (unpaired) electrons. The number of H-pyrrole nitrogens is 1. The molecule has 2 aromatic rings. The Morgan fingerprint density at radius 1 is 1.37 bits per heavy atom. The first-order valence-electron chi connectivity index (χ1n) is 6.50. The van der Waals surface area contributed by atoms with Crippen LogP contribution in [0.4, 0.5) is 0 Å². The number of ether oxygens (including phenoxy) is 1. The summed E-state index contributed by atoms with van der Waals surface area (Å²) in [5.74, 6) is 1.33. The molecule has 1 aromatic carbocycles. The predicted octanol–water partition coefficient (Wildman–Crippen LogP) is 2.98. The van der Waals surface area contributed by atoms with Gasteiger partial charge in [-0.15, -0.1) is 0 Å². The molecule has 4 nitrogen and oxygen atoms in total. The third-order valence-electron chi connectivity index (χ3n) is 3.46. The molecule has 0 aliphatic rings. The van der Waals surface area contributed by atoms with Gasteiger partial charge in [0.05, 0.1) is 18.5 Å². The largest absolute Gasteiger partial charge is 0.496 e. The molecular weight excluding hydrogens is 238 g/mol. The van der Waals surface area contributed by atoms with E-state index in [0.717, 1.165) is 28.3 Å². The molecule has 0 saturated carbocycles. The van der Waals surface area contributed by atoms with Crippen LogP contribution in [-0.2, 0) is 6.54 Å². The average Bonchev–Trinajstić information content (AvgIpc) is 2.78. The van der Waals surface area contributed by atoms with Crippen molar-refractivity contribution in [1.82, 2.24) is 10.2 Å². The maximum atomic E-state index is 5.67. The number of nitrogens with one attached hydrogen (secondary N) is 1. The Bertz CT molecular complexity index is 573. The second kappa shape index (κ2) is 5.45. The Balaban J connectivity index is 2.52. The van der Waals surface area contributed by atoms with E-state index in [9.17, 15) is 0 Å². The standard InChI is InChI=1S/C15H21N3O/c1-9(2)11-5-6-12(14(7-11)19-4)15-10(3)13(8-16)17-18-15/h5-7,9H,8,16H2,1-4H3,(H,17,18). The molecule has 0 amide bonds. The minimum Gasteiger partial charge on any atom is -0.496 e. The van der Waals surface area contributed by atoms with Gasteiger partial charge >= 0.3 is 0 Å². The van der Waals surface area contributed by atoms with Crippen LogP contribution in [0.1, 0.15) is 36.6 Å². The lowest BCUT2D eigenvalue weighted by Gasteiger charge is -2.12. The van der Waals surface area contributed by atoms with Crippen molar-refractivity contribution in [3.63, 3.8) is 0 Å². The Labute approximate surface area is 114 Å². The van der Waals surface area contributed by atoms with Crippen LogP contribution in [0.25, 0.3) is 11.3 Å². The van der Waals surface area contributed by atoms with Crippen LogP contribution in [0.15, 0.2) is 18.2 Å². The molecule has 0 atom stereocenters. The number of nitrogens with zero attached hydrogens (tertiary/aromatic N) is 1. The summed E-state index contributed by atoms with van der Waals surface area (Å²) in [6.45, 7) is 6.82. The first kappa shape index (κ1) is 13.6. The summed E-state index contributed by atoms with van der Waals surface area (Å²) < 4.78 is 5.50. The Morgan fingerprint density at radius 3 is 2.63 bits per heavy atom. The third kappa shape index (κ3) is 2.49. The van der Waals surface area contributed by atoms with Gasteiger partial charge in [-0.25, -0.2) is 0 Å². The van der Waals surface area contributed by atoms with E-state index in [0.29, 0.717) is 12.5 Å². The average molecular weight is 259 g/mol. The van der Waals surface area contributed by atoms with E-state index in [2.05, 4.69) is 42.2 Å². The van der Waals surface area contributed by atoms with Gasteiger partial charge in [0.15, 0.2) is 0 Å². The zero-order chi connectivity index (χ0) is 14.0. The summed E-state index contributed by atoms with van der Waals surface area (Å²) >= 11 is 0. The molecule has 102 valence electrons. The van der Waals surface area contributed by atoms with E-state index in [1.54, 1.807) is 7.11 Å². The minimum absolute atomic E-state index is 0.464. The fraction of sp³-hybridized carbons (Fsp3) is 0.400. The SMILES string of the molecule is COc1cc(C(C)C)ccc1-c1n[nH]c(CN)c1C. The quantitative estimate of drug-likeness (QED) is 0.887. The summed E-state index contributed by atoms with van der Waals surface area (Å²) in [7, 11) is 1.69. The number of benzene rings is 1. The third-order valence-corrected chi connectivity index (χ3v) is 3.46. The number of methoxy groups -OCH3 is 1. The van der Waals surface area contributed by atoms with Crippen molar-refractivity contribution < 1.29 is 4.74 Å². The lowest BCUT2D eigenvalue weighted by molar-refractivity contribution is 0.415. The molecule has 1 aromatic heterocycles. The van der Waals surface area contributed by atoms with E-state index in [1.165, 1.54) is 5.56 Å². The first-order valence-corrected chi connectivity index (χ1v) is 6.50. The highest BCUT2D eigenvalue weighted by molar-refractivity contribution is 5.71. The highest BCUT2D eigenvalue weighted by atomic mass is 16.5. The van der Waals surface area contributed by atoms with Crippen molar-refractivity contribution in [2.75, 3.05) is 7.11 Å². The van der Waals surface area contributed by atoms with Crippen molar-refractivity contribution in [3.8, 4) is 17.0 Å². The monoisotopic (exact) mass is 259 g/mol. The van der Waals surface area contributed by atoms with Gasteiger partial charge < -0.3 is 10.5 Å². The van der Waals surface area contributed by atoms with Gasteiger partial charge in [-0.2, -0.15) is 5.10 Å². The van der Waals surface area contributed by atoms with Crippen LogP contribution in [-0.4, -0.2) is 17.3 Å². The Morgan fingerprint density at radius 2 is 2.11 bits per heavy atom. The molecule has 0 aliphatic heterocycles. The topological polar surface area (TPSA) is 63.9 Å². The summed E-state index contributed by atoms with van der Waals surface area (Å²) in [5.41, 5.74) is 10.9. The molecule has 1 heterocycles. The molecular formula is C15H21N3O. The molecule has 4 heteroatoms. The Hall–Kier alpha value is -1.81. The normalized spacial score (nSPS) is 11.1. The van der Waals surface area contributed by atoms with Crippen LogP contribution < -0.4 is 10.5 Å². The fourth-order valence-corrected chi connectivity index (χ4v) is 2.16. The second-order valence-corrected chi connectivity index (χ2v) is 4.99. The van der Waals surface area contributed by atoms with Gasteiger partial charge in [0.2, 0.25) is 0 Å². The van der Waals surface area contributed by atoms with Gasteiger partial charge in [-0.05, 0) is 36.1 Å². The van der Waals surface area contributed by atoms with Crippen LogP contribution >= 0.6 is 0 Å². The maximum absolute atomic E-state index is 5.67. The van der Waals surface area contributed by atoms with Crippen molar-refractivity contribution in [3.05, 3.63) is 35.0 Å². The highest BCUT2D eigenvalue weighted by Gasteiger charge is 2.15. The number of aromatic nitrogens is 2. The number of aromatic amines is 1. The van der Waals surface area contributed by atoms with E-state index >= 15 is 0 Å². The number of nitrogens with two attached hydrogens (primary N) is 1. The van der Waals surface area contributed by atoms with Crippen LogP contribution in [0.2, 0.25) is 0 Å². The maximum Gasteiger partial charge on any atom is 0.128 e. The molecule has 0 bridgehead atoms. The first-order chi connectivity index (χ1) is 9.08. The fourth-order valence-electron chi connectivity index (χ4n) is 2.16. The van der Waals surface area contributed by atoms with Gasteiger partial charge in [0.1, 0.15) is 5.75 Å². The zero-order valence-electron chi connectivity index (χ0n) is 11.9. The van der Waals surface area contributed by atoms with E-state index < -0.39 is 0 Å². The van der Waals surface area contributed by atoms with Gasteiger partial charge in [0.25, 0.3) is 0 Å². The van der Waals surface area contributed by atoms with Crippen molar-refractivity contribution >= 4 is 0 Å².